The smallest absolute Gasteiger partial charge is 0.427 e. The van der Waals surface area contributed by atoms with Gasteiger partial charge in [-0.3, -0.25) is 0 Å². The van der Waals surface area contributed by atoms with Crippen LogP contribution >= 0.6 is 0 Å². The predicted octanol–water partition coefficient (Wildman–Crippen LogP) is 1.66. The van der Waals surface area contributed by atoms with Gasteiger partial charge in [0.05, 0.1) is 0 Å². The van der Waals surface area contributed by atoms with Gasteiger partial charge < -0.3 is 9.64 Å². The number of carbonyl (C=O) groups excluding carboxylic acids is 1. The van der Waals surface area contributed by atoms with Gasteiger partial charge in [-0.15, -0.1) is 0 Å². The molecule has 1 saturated heterocycles. The molecule has 1 atom stereocenters. The number of hydrogen-bond acceptors (Lipinski definition) is 3. The number of nitrogens with zero attached hydrogens (tertiary/aromatic N) is 1. The molecule has 0 aromatic carbocycles. The molecule has 6 heteroatoms. The average molecular weight is 209 g/mol. The summed E-state index contributed by atoms with van der Waals surface area (Å²) < 4.78 is 41.1. The quantitative estimate of drug-likeness (QED) is 0.449. The van der Waals surface area contributed by atoms with E-state index in [0.717, 1.165) is 4.90 Å². The number of cyclic esters (lactones) is 1. The van der Waals surface area contributed by atoms with E-state index in [-0.39, 0.29) is 5.70 Å². The Bertz CT molecular complexity index is 291. The molecule has 0 amide bonds. The first-order chi connectivity index (χ1) is 6.25. The molecule has 80 valence electrons. The summed E-state index contributed by atoms with van der Waals surface area (Å²) in [4.78, 5) is 11.9. The molecule has 1 rings (SSSR count). The molecule has 14 heavy (non-hydrogen) atoms. The summed E-state index contributed by atoms with van der Waals surface area (Å²) in [6.45, 7) is 3.12. The van der Waals surface area contributed by atoms with Gasteiger partial charge >= 0.3 is 12.1 Å². The Hall–Kier alpha value is -1.20. The van der Waals surface area contributed by atoms with Crippen molar-refractivity contribution < 1.29 is 22.7 Å². The standard InChI is InChI=1S/C8H10F3NO2/c1-4(2)5-6(13)14-7(12(5)3)8(9,10)11/h7H,1-3H3. The van der Waals surface area contributed by atoms with Crippen LogP contribution in [0, 0.1) is 0 Å². The Morgan fingerprint density at radius 3 is 2.14 bits per heavy atom. The second-order valence-electron chi connectivity index (χ2n) is 3.26. The van der Waals surface area contributed by atoms with Crippen molar-refractivity contribution in [1.29, 1.82) is 0 Å². The summed E-state index contributed by atoms with van der Waals surface area (Å²) in [5.74, 6) is -0.921. The van der Waals surface area contributed by atoms with Crippen LogP contribution in [0.4, 0.5) is 13.2 Å². The topological polar surface area (TPSA) is 29.5 Å². The first-order valence-electron chi connectivity index (χ1n) is 3.93. The first kappa shape index (κ1) is 10.9. The highest BCUT2D eigenvalue weighted by Crippen LogP contribution is 2.33. The number of hydrogen-bond donors (Lipinski definition) is 0. The maximum absolute atomic E-state index is 12.3. The SMILES string of the molecule is CC(C)=C1C(=O)OC(C(F)(F)F)N1C. The van der Waals surface area contributed by atoms with Gasteiger partial charge in [0.15, 0.2) is 0 Å². The lowest BCUT2D eigenvalue weighted by Crippen LogP contribution is -2.39. The Morgan fingerprint density at radius 1 is 1.43 bits per heavy atom. The first-order valence-corrected chi connectivity index (χ1v) is 3.93. The third-order valence-electron chi connectivity index (χ3n) is 1.87. The van der Waals surface area contributed by atoms with Crippen LogP contribution in [0.5, 0.6) is 0 Å². The summed E-state index contributed by atoms with van der Waals surface area (Å²) in [5, 5.41) is 0. The lowest BCUT2D eigenvalue weighted by molar-refractivity contribution is -0.234. The van der Waals surface area contributed by atoms with E-state index in [1.165, 1.54) is 7.05 Å². The molecular weight excluding hydrogens is 199 g/mol. The van der Waals surface area contributed by atoms with E-state index in [2.05, 4.69) is 4.74 Å². The number of likely N-dealkylation sites (N-methyl/N-ethyl adjacent to an activating group) is 1. The third-order valence-corrected chi connectivity index (χ3v) is 1.87. The molecule has 0 aliphatic carbocycles. The van der Waals surface area contributed by atoms with E-state index in [4.69, 9.17) is 0 Å². The average Bonchev–Trinajstić information content (AvgIpc) is 2.24. The van der Waals surface area contributed by atoms with E-state index < -0.39 is 18.4 Å². The molecule has 0 radical (unpaired) electrons. The zero-order chi connectivity index (χ0) is 11.1. The van der Waals surface area contributed by atoms with E-state index in [9.17, 15) is 18.0 Å². The Morgan fingerprint density at radius 2 is 1.93 bits per heavy atom. The molecule has 3 nitrogen and oxygen atoms in total. The van der Waals surface area contributed by atoms with Crippen molar-refractivity contribution in [3.05, 3.63) is 11.3 Å². The maximum Gasteiger partial charge on any atom is 0.445 e. The van der Waals surface area contributed by atoms with Crippen molar-refractivity contribution in [3.63, 3.8) is 0 Å². The lowest BCUT2D eigenvalue weighted by Gasteiger charge is -2.21. The monoisotopic (exact) mass is 209 g/mol. The fraction of sp³-hybridized carbons (Fsp3) is 0.625. The minimum Gasteiger partial charge on any atom is -0.427 e. The van der Waals surface area contributed by atoms with Gasteiger partial charge in [-0.2, -0.15) is 13.2 Å². The second-order valence-corrected chi connectivity index (χ2v) is 3.26. The van der Waals surface area contributed by atoms with Crippen LogP contribution in [0.25, 0.3) is 0 Å². The highest BCUT2D eigenvalue weighted by Gasteiger charge is 2.52. The van der Waals surface area contributed by atoms with Crippen LogP contribution in [0.1, 0.15) is 13.8 Å². The molecule has 0 saturated carbocycles. The van der Waals surface area contributed by atoms with Gasteiger partial charge in [0, 0.05) is 7.05 Å². The summed E-state index contributed by atoms with van der Waals surface area (Å²) in [5.41, 5.74) is 0.483. The molecule has 0 bridgehead atoms. The molecule has 1 unspecified atom stereocenters. The van der Waals surface area contributed by atoms with Gasteiger partial charge in [-0.25, -0.2) is 4.79 Å². The Labute approximate surface area is 79.1 Å². The van der Waals surface area contributed by atoms with Crippen molar-refractivity contribution in [3.8, 4) is 0 Å². The normalized spacial score (nSPS) is 22.7. The maximum atomic E-state index is 12.3. The predicted molar refractivity (Wildman–Crippen MR) is 42.1 cm³/mol. The van der Waals surface area contributed by atoms with Crippen molar-refractivity contribution in [2.75, 3.05) is 7.05 Å². The van der Waals surface area contributed by atoms with Gasteiger partial charge in [-0.05, 0) is 19.4 Å². The number of rotatable bonds is 0. The van der Waals surface area contributed by atoms with Crippen molar-refractivity contribution in [2.45, 2.75) is 26.3 Å². The van der Waals surface area contributed by atoms with Gasteiger partial charge in [0.25, 0.3) is 6.23 Å². The number of carbonyl (C=O) groups is 1. The zero-order valence-electron chi connectivity index (χ0n) is 7.97. The molecular formula is C8H10F3NO2. The largest absolute Gasteiger partial charge is 0.445 e. The number of ether oxygens (including phenoxy) is 1. The highest BCUT2D eigenvalue weighted by molar-refractivity contribution is 5.90. The fourth-order valence-corrected chi connectivity index (χ4v) is 1.34. The molecule has 1 fully saturated rings. The van der Waals surface area contributed by atoms with E-state index in [0.29, 0.717) is 5.57 Å². The van der Waals surface area contributed by atoms with Gasteiger partial charge in [0.2, 0.25) is 0 Å². The molecule has 1 aliphatic rings. The van der Waals surface area contributed by atoms with Crippen molar-refractivity contribution >= 4 is 5.97 Å². The molecule has 1 aliphatic heterocycles. The lowest BCUT2D eigenvalue weighted by atomic mass is 10.2. The molecule has 0 N–H and O–H groups in total. The Balaban J connectivity index is 3.03. The fourth-order valence-electron chi connectivity index (χ4n) is 1.34. The van der Waals surface area contributed by atoms with Crippen LogP contribution in [-0.2, 0) is 9.53 Å². The number of alkyl halides is 3. The van der Waals surface area contributed by atoms with Crippen LogP contribution in [0.15, 0.2) is 11.3 Å². The number of esters is 1. The van der Waals surface area contributed by atoms with Gasteiger partial charge in [-0.1, -0.05) is 0 Å². The number of allylic oxidation sites excluding steroid dienone is 1. The highest BCUT2D eigenvalue weighted by atomic mass is 19.4. The van der Waals surface area contributed by atoms with Crippen LogP contribution < -0.4 is 0 Å². The summed E-state index contributed by atoms with van der Waals surface area (Å²) in [6.07, 6.45) is -6.71. The van der Waals surface area contributed by atoms with E-state index >= 15 is 0 Å². The van der Waals surface area contributed by atoms with E-state index in [1.54, 1.807) is 13.8 Å². The van der Waals surface area contributed by atoms with Crippen LogP contribution in [0.2, 0.25) is 0 Å². The van der Waals surface area contributed by atoms with Crippen LogP contribution in [0.3, 0.4) is 0 Å². The second kappa shape index (κ2) is 3.18. The zero-order valence-corrected chi connectivity index (χ0v) is 7.97. The van der Waals surface area contributed by atoms with E-state index in [1.807, 2.05) is 0 Å². The minimum absolute atomic E-state index is 0.0210. The summed E-state index contributed by atoms with van der Waals surface area (Å²) in [7, 11) is 1.19. The summed E-state index contributed by atoms with van der Waals surface area (Å²) >= 11 is 0. The molecule has 0 spiro atoms. The van der Waals surface area contributed by atoms with Crippen LogP contribution in [-0.4, -0.2) is 30.3 Å². The Kier molecular flexibility index (Phi) is 2.47. The summed E-state index contributed by atoms with van der Waals surface area (Å²) in [6, 6.07) is 0. The van der Waals surface area contributed by atoms with Crippen molar-refractivity contribution in [2.24, 2.45) is 0 Å². The molecule has 0 aromatic heterocycles. The number of halogens is 3. The molecule has 1 heterocycles. The minimum atomic E-state index is -4.55. The van der Waals surface area contributed by atoms with Crippen molar-refractivity contribution in [1.82, 2.24) is 4.90 Å². The third kappa shape index (κ3) is 1.69. The van der Waals surface area contributed by atoms with Gasteiger partial charge in [0.1, 0.15) is 5.70 Å². The molecule has 0 aromatic rings.